The second-order valence-corrected chi connectivity index (χ2v) is 6.18. The number of amides is 1. The van der Waals surface area contributed by atoms with Crippen LogP contribution >= 0.6 is 0 Å². The molecule has 1 aliphatic heterocycles. The quantitative estimate of drug-likeness (QED) is 0.897. The highest BCUT2D eigenvalue weighted by Gasteiger charge is 2.30. The van der Waals surface area contributed by atoms with E-state index in [-0.39, 0.29) is 18.4 Å². The molecule has 1 saturated heterocycles. The Bertz CT molecular complexity index is 744. The fourth-order valence-electron chi connectivity index (χ4n) is 3.11. The molecule has 0 saturated carbocycles. The van der Waals surface area contributed by atoms with Gasteiger partial charge in [-0.15, -0.1) is 0 Å². The average Bonchev–Trinajstić information content (AvgIpc) is 2.59. The summed E-state index contributed by atoms with van der Waals surface area (Å²) in [4.78, 5) is 29.2. The number of hydrogen-bond donors (Lipinski definition) is 1. The smallest absolute Gasteiger partial charge is 0.347 e. The van der Waals surface area contributed by atoms with E-state index in [0.717, 1.165) is 12.8 Å². The van der Waals surface area contributed by atoms with Crippen LogP contribution in [0.2, 0.25) is 0 Å². The summed E-state index contributed by atoms with van der Waals surface area (Å²) >= 11 is 0. The molecule has 0 bridgehead atoms. The second-order valence-electron chi connectivity index (χ2n) is 6.18. The van der Waals surface area contributed by atoms with Crippen molar-refractivity contribution in [2.24, 2.45) is 5.92 Å². The van der Waals surface area contributed by atoms with Crippen molar-refractivity contribution in [3.05, 3.63) is 64.8 Å². The number of piperidine rings is 1. The maximum Gasteiger partial charge on any atom is 0.347 e. The number of likely N-dealkylation sites (tertiary alicyclic amines) is 1. The Balaban J connectivity index is 1.58. The summed E-state index contributed by atoms with van der Waals surface area (Å²) in [5.74, 6) is -0.0140. The Hall–Kier alpha value is -2.47. The zero-order chi connectivity index (χ0) is 16.9. The van der Waals surface area contributed by atoms with E-state index in [1.807, 2.05) is 18.2 Å². The molecule has 1 aromatic heterocycles. The van der Waals surface area contributed by atoms with Crippen LogP contribution in [0.5, 0.6) is 0 Å². The fraction of sp³-hybridized carbons (Fsp3) is 0.389. The normalized spacial score (nSPS) is 20.8. The molecule has 0 aliphatic carbocycles. The number of nitrogens with zero attached hydrogens (tertiary/aromatic N) is 3. The van der Waals surface area contributed by atoms with E-state index in [1.54, 1.807) is 17.2 Å². The van der Waals surface area contributed by atoms with Crippen molar-refractivity contribution in [1.29, 1.82) is 0 Å². The molecule has 6 nitrogen and oxygen atoms in total. The van der Waals surface area contributed by atoms with Gasteiger partial charge in [0.15, 0.2) is 0 Å². The van der Waals surface area contributed by atoms with Crippen LogP contribution in [-0.2, 0) is 17.8 Å². The predicted molar refractivity (Wildman–Crippen MR) is 89.3 cm³/mol. The van der Waals surface area contributed by atoms with Crippen molar-refractivity contribution >= 4 is 5.91 Å². The van der Waals surface area contributed by atoms with Gasteiger partial charge in [0, 0.05) is 25.5 Å². The molecule has 0 radical (unpaired) electrons. The molecular weight excluding hydrogens is 306 g/mol. The van der Waals surface area contributed by atoms with Gasteiger partial charge in [0.2, 0.25) is 5.91 Å². The molecule has 126 valence electrons. The third-order valence-corrected chi connectivity index (χ3v) is 4.50. The van der Waals surface area contributed by atoms with Crippen molar-refractivity contribution in [1.82, 2.24) is 14.5 Å². The molecule has 1 amide bonds. The van der Waals surface area contributed by atoms with E-state index < -0.39 is 11.8 Å². The number of hydrogen-bond acceptors (Lipinski definition) is 4. The highest BCUT2D eigenvalue weighted by atomic mass is 16.3. The monoisotopic (exact) mass is 327 g/mol. The Labute approximate surface area is 140 Å². The zero-order valence-corrected chi connectivity index (χ0v) is 13.4. The molecule has 1 aliphatic rings. The first kappa shape index (κ1) is 16.4. The maximum absolute atomic E-state index is 12.4. The number of benzene rings is 1. The van der Waals surface area contributed by atoms with Crippen LogP contribution in [0, 0.1) is 5.92 Å². The SMILES string of the molecule is O=C(Cn1cccnc1=O)N1CC[C@H](Cc2ccccc2)[C@H](O)C1. The zero-order valence-electron chi connectivity index (χ0n) is 13.4. The topological polar surface area (TPSA) is 75.4 Å². The lowest BCUT2D eigenvalue weighted by Crippen LogP contribution is -2.48. The number of aromatic nitrogens is 2. The van der Waals surface area contributed by atoms with Crippen LogP contribution < -0.4 is 5.69 Å². The summed E-state index contributed by atoms with van der Waals surface area (Å²) in [5, 5.41) is 10.4. The molecule has 1 fully saturated rings. The lowest BCUT2D eigenvalue weighted by Gasteiger charge is -2.36. The van der Waals surface area contributed by atoms with E-state index in [0.29, 0.717) is 13.1 Å². The average molecular weight is 327 g/mol. The van der Waals surface area contributed by atoms with Crippen LogP contribution in [-0.4, -0.2) is 44.7 Å². The van der Waals surface area contributed by atoms with E-state index in [9.17, 15) is 14.7 Å². The van der Waals surface area contributed by atoms with Crippen LogP contribution in [0.15, 0.2) is 53.6 Å². The highest BCUT2D eigenvalue weighted by molar-refractivity contribution is 5.76. The number of aliphatic hydroxyl groups excluding tert-OH is 1. The van der Waals surface area contributed by atoms with Crippen LogP contribution in [0.3, 0.4) is 0 Å². The molecular formula is C18H21N3O3. The summed E-state index contributed by atoms with van der Waals surface area (Å²) in [7, 11) is 0. The molecule has 2 heterocycles. The summed E-state index contributed by atoms with van der Waals surface area (Å²) < 4.78 is 1.28. The van der Waals surface area contributed by atoms with Gasteiger partial charge in [0.05, 0.1) is 6.10 Å². The highest BCUT2D eigenvalue weighted by Crippen LogP contribution is 2.22. The largest absolute Gasteiger partial charge is 0.391 e. The van der Waals surface area contributed by atoms with Gasteiger partial charge in [-0.05, 0) is 30.4 Å². The predicted octanol–water partition coefficient (Wildman–Crippen LogP) is 0.695. The van der Waals surface area contributed by atoms with Crippen molar-refractivity contribution in [3.63, 3.8) is 0 Å². The molecule has 1 N–H and O–H groups in total. The summed E-state index contributed by atoms with van der Waals surface area (Å²) in [6.07, 6.45) is 3.97. The molecule has 2 atom stereocenters. The van der Waals surface area contributed by atoms with Gasteiger partial charge in [-0.25, -0.2) is 9.78 Å². The number of aliphatic hydroxyl groups is 1. The summed E-state index contributed by atoms with van der Waals surface area (Å²) in [6.45, 7) is 0.872. The minimum atomic E-state index is -0.548. The van der Waals surface area contributed by atoms with Gasteiger partial charge in [-0.3, -0.25) is 9.36 Å². The molecule has 2 aromatic rings. The lowest BCUT2D eigenvalue weighted by molar-refractivity contribution is -0.136. The Morgan fingerprint density at radius 3 is 2.75 bits per heavy atom. The van der Waals surface area contributed by atoms with Crippen LogP contribution in [0.25, 0.3) is 0 Å². The molecule has 0 spiro atoms. The van der Waals surface area contributed by atoms with Gasteiger partial charge >= 0.3 is 5.69 Å². The summed E-state index contributed by atoms with van der Waals surface area (Å²) in [6, 6.07) is 11.7. The molecule has 1 aromatic carbocycles. The maximum atomic E-state index is 12.4. The minimum Gasteiger partial charge on any atom is -0.391 e. The third-order valence-electron chi connectivity index (χ3n) is 4.50. The van der Waals surface area contributed by atoms with E-state index in [4.69, 9.17) is 0 Å². The van der Waals surface area contributed by atoms with Crippen LogP contribution in [0.1, 0.15) is 12.0 Å². The first-order chi connectivity index (χ1) is 11.6. The van der Waals surface area contributed by atoms with Crippen molar-refractivity contribution < 1.29 is 9.90 Å². The van der Waals surface area contributed by atoms with E-state index in [2.05, 4.69) is 17.1 Å². The van der Waals surface area contributed by atoms with E-state index >= 15 is 0 Å². The number of β-amino-alcohol motifs (C(OH)–C–C–N with tert-alkyl or cyclic N) is 1. The first-order valence-corrected chi connectivity index (χ1v) is 8.14. The third kappa shape index (κ3) is 3.89. The van der Waals surface area contributed by atoms with Crippen molar-refractivity contribution in [2.75, 3.05) is 13.1 Å². The van der Waals surface area contributed by atoms with Gasteiger partial charge < -0.3 is 10.0 Å². The van der Waals surface area contributed by atoms with Gasteiger partial charge in [-0.2, -0.15) is 0 Å². The van der Waals surface area contributed by atoms with Crippen LogP contribution in [0.4, 0.5) is 0 Å². The van der Waals surface area contributed by atoms with Crippen molar-refractivity contribution in [3.8, 4) is 0 Å². The van der Waals surface area contributed by atoms with E-state index in [1.165, 1.54) is 16.3 Å². The molecule has 3 rings (SSSR count). The Kier molecular flexibility index (Phi) is 5.05. The molecule has 6 heteroatoms. The second kappa shape index (κ2) is 7.40. The van der Waals surface area contributed by atoms with Gasteiger partial charge in [-0.1, -0.05) is 30.3 Å². The van der Waals surface area contributed by atoms with Gasteiger partial charge in [0.1, 0.15) is 6.54 Å². The number of carbonyl (C=O) groups is 1. The fourth-order valence-corrected chi connectivity index (χ4v) is 3.11. The number of carbonyl (C=O) groups excluding carboxylic acids is 1. The lowest BCUT2D eigenvalue weighted by atomic mass is 9.88. The summed E-state index contributed by atoms with van der Waals surface area (Å²) in [5.41, 5.74) is 0.758. The van der Waals surface area contributed by atoms with Crippen molar-refractivity contribution in [2.45, 2.75) is 25.5 Å². The Morgan fingerprint density at radius 2 is 2.04 bits per heavy atom. The first-order valence-electron chi connectivity index (χ1n) is 8.14. The van der Waals surface area contributed by atoms with Gasteiger partial charge in [0.25, 0.3) is 0 Å². The molecule has 0 unspecified atom stereocenters. The standard InChI is InChI=1S/C18H21N3O3/c22-16-12-20(17(23)13-21-9-4-8-19-18(21)24)10-7-15(16)11-14-5-2-1-3-6-14/h1-6,8-9,15-16,22H,7,10-13H2/t15-,16-/m1/s1. The molecule has 24 heavy (non-hydrogen) atoms. The Morgan fingerprint density at radius 1 is 1.25 bits per heavy atom. The minimum absolute atomic E-state index is 0.0389. The number of rotatable bonds is 4.